The van der Waals surface area contributed by atoms with E-state index in [4.69, 9.17) is 26.4 Å². The molecule has 0 radical (unpaired) electrons. The third-order valence-corrected chi connectivity index (χ3v) is 6.35. The Morgan fingerprint density at radius 2 is 1.87 bits per heavy atom. The predicted octanol–water partition coefficient (Wildman–Crippen LogP) is 2.73. The van der Waals surface area contributed by atoms with E-state index in [0.29, 0.717) is 39.0 Å². The van der Waals surface area contributed by atoms with Gasteiger partial charge >= 0.3 is 11.9 Å². The van der Waals surface area contributed by atoms with Crippen molar-refractivity contribution >= 4 is 64.0 Å². The van der Waals surface area contributed by atoms with Gasteiger partial charge in [-0.25, -0.2) is 15.0 Å². The molecule has 0 fully saturated rings. The number of carbonyl (C=O) groups is 3. The van der Waals surface area contributed by atoms with E-state index in [1.165, 1.54) is 13.3 Å². The number of allylic oxidation sites excluding steroid dienone is 1. The molecule has 2 aromatic rings. The van der Waals surface area contributed by atoms with Crippen molar-refractivity contribution in [2.24, 2.45) is 5.10 Å². The summed E-state index contributed by atoms with van der Waals surface area (Å²) in [6, 6.07) is 11.6. The third-order valence-electron chi connectivity index (χ3n) is 5.29. The number of methoxy groups -OCH3 is 1. The maximum Gasteiger partial charge on any atom is 0.343 e. The van der Waals surface area contributed by atoms with Crippen LogP contribution < -0.4 is 25.5 Å². The first kappa shape index (κ1) is 29.8. The Balaban J connectivity index is 1.63. The van der Waals surface area contributed by atoms with Gasteiger partial charge in [-0.15, -0.1) is 0 Å². The molecule has 1 amide bonds. The van der Waals surface area contributed by atoms with E-state index in [2.05, 4.69) is 48.5 Å². The second kappa shape index (κ2) is 14.4. The largest absolute Gasteiger partial charge is 0.483 e. The average Bonchev–Trinajstić information content (AvgIpc) is 2.91. The van der Waals surface area contributed by atoms with Crippen LogP contribution in [0.15, 0.2) is 58.8 Å². The summed E-state index contributed by atoms with van der Waals surface area (Å²) in [6.45, 7) is 3.18. The summed E-state index contributed by atoms with van der Waals surface area (Å²) >= 11 is 7.36. The molecule has 2 aromatic carbocycles. The Kier molecular flexibility index (Phi) is 11.0. The van der Waals surface area contributed by atoms with Gasteiger partial charge in [-0.1, -0.05) is 18.2 Å². The normalized spacial score (nSPS) is 14.8. The van der Waals surface area contributed by atoms with Crippen LogP contribution in [-0.4, -0.2) is 56.1 Å². The lowest BCUT2D eigenvalue weighted by atomic mass is 9.95. The number of para-hydroxylation sites is 1. The van der Waals surface area contributed by atoms with E-state index in [1.807, 2.05) is 0 Å². The molecule has 13 heteroatoms. The summed E-state index contributed by atoms with van der Waals surface area (Å²) in [5.41, 5.74) is 4.68. The van der Waals surface area contributed by atoms with Crippen molar-refractivity contribution in [3.8, 4) is 11.5 Å². The molecule has 0 aliphatic carbocycles. The van der Waals surface area contributed by atoms with Gasteiger partial charge in [0.25, 0.3) is 5.91 Å². The lowest BCUT2D eigenvalue weighted by molar-refractivity contribution is -0.143. The smallest absolute Gasteiger partial charge is 0.343 e. The molecule has 206 valence electrons. The SMILES string of the molecule is CCOC(=O)C1=C(C)NC(=S)N[C@@H]1c1ccccc1OCC(=O)NN=Cc1ccc(OCC(=O)OC)c(I)c1. The van der Waals surface area contributed by atoms with Crippen molar-refractivity contribution in [3.63, 3.8) is 0 Å². The number of hydrazone groups is 1. The molecule has 11 nitrogen and oxygen atoms in total. The van der Waals surface area contributed by atoms with Gasteiger partial charge in [-0.2, -0.15) is 5.10 Å². The maximum atomic E-state index is 12.7. The van der Waals surface area contributed by atoms with Crippen LogP contribution in [0.3, 0.4) is 0 Å². The van der Waals surface area contributed by atoms with Crippen molar-refractivity contribution < 1.29 is 33.3 Å². The number of rotatable bonds is 11. The number of amides is 1. The first-order valence-electron chi connectivity index (χ1n) is 11.7. The summed E-state index contributed by atoms with van der Waals surface area (Å²) < 4.78 is 21.7. The molecule has 0 unspecified atom stereocenters. The van der Waals surface area contributed by atoms with Crippen LogP contribution in [0.2, 0.25) is 0 Å². The van der Waals surface area contributed by atoms with Gasteiger partial charge in [0.15, 0.2) is 18.3 Å². The predicted molar refractivity (Wildman–Crippen MR) is 155 cm³/mol. The Morgan fingerprint density at radius 1 is 1.13 bits per heavy atom. The molecule has 1 heterocycles. The number of halogens is 1. The topological polar surface area (TPSA) is 137 Å². The molecule has 3 rings (SSSR count). The zero-order valence-corrected chi connectivity index (χ0v) is 24.4. The maximum absolute atomic E-state index is 12.7. The molecule has 0 aromatic heterocycles. The minimum absolute atomic E-state index is 0.195. The quantitative estimate of drug-likeness (QED) is 0.108. The number of nitrogens with one attached hydrogen (secondary N) is 3. The first-order valence-corrected chi connectivity index (χ1v) is 13.2. The van der Waals surface area contributed by atoms with Gasteiger partial charge in [-0.05, 0) is 78.5 Å². The highest BCUT2D eigenvalue weighted by atomic mass is 127. The molecule has 0 bridgehead atoms. The fourth-order valence-corrected chi connectivity index (χ4v) is 4.49. The molecule has 0 saturated heterocycles. The van der Waals surface area contributed by atoms with Gasteiger partial charge in [-0.3, -0.25) is 4.79 Å². The molecule has 0 saturated carbocycles. The first-order chi connectivity index (χ1) is 18.7. The molecular weight excluding hydrogens is 639 g/mol. The fraction of sp³-hybridized carbons (Fsp3) is 0.269. The lowest BCUT2D eigenvalue weighted by Crippen LogP contribution is -2.45. The summed E-state index contributed by atoms with van der Waals surface area (Å²) in [6.07, 6.45) is 1.47. The number of nitrogens with zero attached hydrogens (tertiary/aromatic N) is 1. The van der Waals surface area contributed by atoms with Crippen molar-refractivity contribution in [2.45, 2.75) is 19.9 Å². The summed E-state index contributed by atoms with van der Waals surface area (Å²) in [4.78, 5) is 36.3. The standard InChI is InChI=1S/C26H27IN4O7S/c1-4-36-25(34)23-15(2)29-26(39)30-24(23)17-7-5-6-8-19(17)37-13-21(32)31-28-12-16-9-10-20(18(27)11-16)38-14-22(33)35-3/h5-12,24H,4,13-14H2,1-3H3,(H,31,32)(H2,29,30,39)/t24-/m1/s1. The van der Waals surface area contributed by atoms with E-state index >= 15 is 0 Å². The second-order valence-corrected chi connectivity index (χ2v) is 9.54. The monoisotopic (exact) mass is 666 g/mol. The number of hydrogen-bond donors (Lipinski definition) is 3. The highest BCUT2D eigenvalue weighted by Gasteiger charge is 2.32. The molecule has 39 heavy (non-hydrogen) atoms. The molecule has 3 N–H and O–H groups in total. The van der Waals surface area contributed by atoms with Crippen molar-refractivity contribution in [3.05, 3.63) is 68.4 Å². The summed E-state index contributed by atoms with van der Waals surface area (Å²) in [5.74, 6) is -0.535. The van der Waals surface area contributed by atoms with Crippen molar-refractivity contribution in [1.82, 2.24) is 16.1 Å². The van der Waals surface area contributed by atoms with Crippen LogP contribution in [0.25, 0.3) is 0 Å². The van der Waals surface area contributed by atoms with Crippen molar-refractivity contribution in [1.29, 1.82) is 0 Å². The van der Waals surface area contributed by atoms with E-state index in [9.17, 15) is 14.4 Å². The van der Waals surface area contributed by atoms with E-state index in [0.717, 1.165) is 3.57 Å². The van der Waals surface area contributed by atoms with Crippen LogP contribution in [0.5, 0.6) is 11.5 Å². The van der Waals surface area contributed by atoms with E-state index in [1.54, 1.807) is 56.3 Å². The molecule has 1 atom stereocenters. The van der Waals surface area contributed by atoms with Crippen LogP contribution >= 0.6 is 34.8 Å². The van der Waals surface area contributed by atoms with Gasteiger partial charge in [0.2, 0.25) is 0 Å². The number of esters is 2. The van der Waals surface area contributed by atoms with E-state index in [-0.39, 0.29) is 19.8 Å². The molecule has 1 aliphatic rings. The van der Waals surface area contributed by atoms with Gasteiger partial charge in [0, 0.05) is 11.3 Å². The molecule has 0 spiro atoms. The highest BCUT2D eigenvalue weighted by Crippen LogP contribution is 2.33. The highest BCUT2D eigenvalue weighted by molar-refractivity contribution is 14.1. The Morgan fingerprint density at radius 3 is 2.59 bits per heavy atom. The van der Waals surface area contributed by atoms with Crippen LogP contribution in [0.1, 0.15) is 31.0 Å². The zero-order valence-electron chi connectivity index (χ0n) is 21.4. The summed E-state index contributed by atoms with van der Waals surface area (Å²) in [7, 11) is 1.29. The summed E-state index contributed by atoms with van der Waals surface area (Å²) in [5, 5.41) is 10.4. The molecular formula is C26H27IN4O7S. The van der Waals surface area contributed by atoms with E-state index < -0.39 is 23.9 Å². The molecule has 1 aliphatic heterocycles. The zero-order chi connectivity index (χ0) is 28.4. The Bertz CT molecular complexity index is 1310. The van der Waals surface area contributed by atoms with Crippen molar-refractivity contribution in [2.75, 3.05) is 26.9 Å². The van der Waals surface area contributed by atoms with Crippen LogP contribution in [0.4, 0.5) is 0 Å². The number of carbonyl (C=O) groups excluding carboxylic acids is 3. The third kappa shape index (κ3) is 8.38. The minimum atomic E-state index is -0.628. The van der Waals surface area contributed by atoms with Gasteiger partial charge in [0.05, 0.1) is 35.1 Å². The van der Waals surface area contributed by atoms with Crippen LogP contribution in [0, 0.1) is 3.57 Å². The number of ether oxygens (including phenoxy) is 4. The van der Waals surface area contributed by atoms with Gasteiger partial charge in [0.1, 0.15) is 11.5 Å². The average molecular weight is 666 g/mol. The fourth-order valence-electron chi connectivity index (χ4n) is 3.52. The number of hydrogen-bond acceptors (Lipinski definition) is 9. The second-order valence-electron chi connectivity index (χ2n) is 7.96. The number of thiocarbonyl (C=S) groups is 1. The van der Waals surface area contributed by atoms with Crippen LogP contribution in [-0.2, 0) is 23.9 Å². The Hall–Kier alpha value is -3.72. The lowest BCUT2D eigenvalue weighted by Gasteiger charge is -2.30. The Labute approximate surface area is 244 Å². The van der Waals surface area contributed by atoms with Gasteiger partial charge < -0.3 is 29.6 Å². The minimum Gasteiger partial charge on any atom is -0.483 e. The number of benzene rings is 2.